The van der Waals surface area contributed by atoms with Crippen LogP contribution in [-0.4, -0.2) is 39.1 Å². The van der Waals surface area contributed by atoms with Crippen molar-refractivity contribution in [1.82, 2.24) is 20.4 Å². The monoisotopic (exact) mass is 373 g/mol. The Morgan fingerprint density at radius 2 is 1.85 bits per heavy atom. The van der Waals surface area contributed by atoms with Gasteiger partial charge in [-0.3, -0.25) is 24.4 Å². The first kappa shape index (κ1) is 20.1. The smallest absolute Gasteiger partial charge is 0.312 e. The maximum absolute atomic E-state index is 12.1. The number of carbonyl (C=O) groups is 2. The summed E-state index contributed by atoms with van der Waals surface area (Å²) in [5.41, 5.74) is 2.15. The van der Waals surface area contributed by atoms with Gasteiger partial charge < -0.3 is 10.6 Å². The second-order valence-corrected chi connectivity index (χ2v) is 6.54. The predicted molar refractivity (Wildman–Crippen MR) is 99.5 cm³/mol. The van der Waals surface area contributed by atoms with Gasteiger partial charge in [-0.2, -0.15) is 5.10 Å². The number of aromatic nitrogens is 2. The van der Waals surface area contributed by atoms with E-state index in [0.717, 1.165) is 5.56 Å². The molecule has 1 heterocycles. The molecule has 0 atom stereocenters. The molecule has 0 aliphatic heterocycles. The fourth-order valence-electron chi connectivity index (χ4n) is 2.68. The zero-order chi connectivity index (χ0) is 20.1. The zero-order valence-electron chi connectivity index (χ0n) is 15.8. The van der Waals surface area contributed by atoms with Crippen LogP contribution in [0, 0.1) is 24.0 Å². The fraction of sp³-hybridized carbons (Fsp3) is 0.389. The average molecular weight is 373 g/mol. The number of nitro groups is 1. The highest BCUT2D eigenvalue weighted by Gasteiger charge is 2.21. The maximum Gasteiger partial charge on any atom is 0.312 e. The van der Waals surface area contributed by atoms with Gasteiger partial charge in [-0.25, -0.2) is 0 Å². The molecular formula is C18H23N5O4. The SMILES string of the molecule is Cc1nn(Cc2ccc(C(=O)NCC(=O)NC(C)C)cc2)c(C)c1[N+](=O)[O-]. The minimum absolute atomic E-state index is 0.0129. The Labute approximate surface area is 156 Å². The minimum atomic E-state index is -0.433. The van der Waals surface area contributed by atoms with E-state index in [9.17, 15) is 19.7 Å². The Morgan fingerprint density at radius 1 is 1.22 bits per heavy atom. The van der Waals surface area contributed by atoms with E-state index in [0.29, 0.717) is 23.5 Å². The quantitative estimate of drug-likeness (QED) is 0.566. The number of benzene rings is 1. The van der Waals surface area contributed by atoms with Crippen LogP contribution in [0.3, 0.4) is 0 Å². The van der Waals surface area contributed by atoms with Crippen LogP contribution in [0.15, 0.2) is 24.3 Å². The van der Waals surface area contributed by atoms with Crippen LogP contribution >= 0.6 is 0 Å². The Bertz CT molecular complexity index is 855. The standard InChI is InChI=1S/C18H23N5O4/c1-11(2)20-16(24)9-19-18(25)15-7-5-14(6-8-15)10-22-13(4)17(23(26)27)12(3)21-22/h5-8,11H,9-10H2,1-4H3,(H,19,25)(H,20,24). The van der Waals surface area contributed by atoms with E-state index in [4.69, 9.17) is 0 Å². The lowest BCUT2D eigenvalue weighted by Crippen LogP contribution is -2.39. The van der Waals surface area contributed by atoms with Crippen molar-refractivity contribution in [1.29, 1.82) is 0 Å². The van der Waals surface area contributed by atoms with Crippen LogP contribution < -0.4 is 10.6 Å². The zero-order valence-corrected chi connectivity index (χ0v) is 15.8. The largest absolute Gasteiger partial charge is 0.352 e. The summed E-state index contributed by atoms with van der Waals surface area (Å²) in [5, 5.41) is 20.5. The van der Waals surface area contributed by atoms with Crippen LogP contribution in [0.4, 0.5) is 5.69 Å². The number of carbonyl (C=O) groups excluding carboxylic acids is 2. The van der Waals surface area contributed by atoms with Crippen LogP contribution in [0.25, 0.3) is 0 Å². The normalized spacial score (nSPS) is 10.7. The van der Waals surface area contributed by atoms with Gasteiger partial charge >= 0.3 is 5.69 Å². The first-order valence-corrected chi connectivity index (χ1v) is 8.54. The first-order valence-electron chi connectivity index (χ1n) is 8.54. The molecule has 0 aliphatic rings. The lowest BCUT2D eigenvalue weighted by Gasteiger charge is -2.10. The Kier molecular flexibility index (Phi) is 6.27. The number of nitrogens with zero attached hydrogens (tertiary/aromatic N) is 3. The van der Waals surface area contributed by atoms with E-state index in [2.05, 4.69) is 15.7 Å². The van der Waals surface area contributed by atoms with E-state index in [-0.39, 0.29) is 30.1 Å². The van der Waals surface area contributed by atoms with E-state index < -0.39 is 4.92 Å². The number of amides is 2. The molecule has 0 unspecified atom stereocenters. The number of hydrogen-bond acceptors (Lipinski definition) is 5. The van der Waals surface area contributed by atoms with Crippen molar-refractivity contribution in [2.24, 2.45) is 0 Å². The molecule has 9 nitrogen and oxygen atoms in total. The van der Waals surface area contributed by atoms with Gasteiger partial charge in [-0.05, 0) is 45.4 Å². The van der Waals surface area contributed by atoms with Crippen LogP contribution in [-0.2, 0) is 11.3 Å². The van der Waals surface area contributed by atoms with Crippen molar-refractivity contribution in [3.8, 4) is 0 Å². The first-order chi connectivity index (χ1) is 12.7. The number of nitrogens with one attached hydrogen (secondary N) is 2. The van der Waals surface area contributed by atoms with Gasteiger partial charge in [0.15, 0.2) is 0 Å². The second kappa shape index (κ2) is 8.43. The molecule has 144 valence electrons. The summed E-state index contributed by atoms with van der Waals surface area (Å²) in [6, 6.07) is 6.81. The molecule has 2 rings (SSSR count). The Balaban J connectivity index is 2.01. The lowest BCUT2D eigenvalue weighted by molar-refractivity contribution is -0.386. The summed E-state index contributed by atoms with van der Waals surface area (Å²) < 4.78 is 1.57. The molecule has 1 aromatic heterocycles. The fourth-order valence-corrected chi connectivity index (χ4v) is 2.68. The van der Waals surface area contributed by atoms with Gasteiger partial charge in [0.2, 0.25) is 5.91 Å². The van der Waals surface area contributed by atoms with Crippen LogP contribution in [0.1, 0.15) is 41.2 Å². The molecule has 0 saturated heterocycles. The van der Waals surface area contributed by atoms with Crippen molar-refractivity contribution < 1.29 is 14.5 Å². The van der Waals surface area contributed by atoms with E-state index in [1.807, 2.05) is 13.8 Å². The van der Waals surface area contributed by atoms with Crippen molar-refractivity contribution in [3.63, 3.8) is 0 Å². The van der Waals surface area contributed by atoms with Gasteiger partial charge in [0.05, 0.1) is 18.0 Å². The lowest BCUT2D eigenvalue weighted by atomic mass is 10.1. The predicted octanol–water partition coefficient (Wildman–Crippen LogP) is 1.71. The van der Waals surface area contributed by atoms with Gasteiger partial charge in [0.25, 0.3) is 5.91 Å². The molecule has 0 saturated carbocycles. The van der Waals surface area contributed by atoms with Crippen molar-refractivity contribution in [3.05, 3.63) is 56.9 Å². The Hall–Kier alpha value is -3.23. The summed E-state index contributed by atoms with van der Waals surface area (Å²) in [7, 11) is 0. The number of hydrogen-bond donors (Lipinski definition) is 2. The van der Waals surface area contributed by atoms with Crippen molar-refractivity contribution in [2.45, 2.75) is 40.3 Å². The van der Waals surface area contributed by atoms with Crippen LogP contribution in [0.2, 0.25) is 0 Å². The Morgan fingerprint density at radius 3 is 2.37 bits per heavy atom. The van der Waals surface area contributed by atoms with Gasteiger partial charge in [0, 0.05) is 11.6 Å². The van der Waals surface area contributed by atoms with E-state index in [1.165, 1.54) is 0 Å². The topological polar surface area (TPSA) is 119 Å². The summed E-state index contributed by atoms with van der Waals surface area (Å²) in [4.78, 5) is 34.3. The van der Waals surface area contributed by atoms with Gasteiger partial charge in [-0.1, -0.05) is 12.1 Å². The molecule has 2 N–H and O–H groups in total. The molecule has 0 bridgehead atoms. The third kappa shape index (κ3) is 5.13. The molecule has 2 amide bonds. The minimum Gasteiger partial charge on any atom is -0.352 e. The number of aryl methyl sites for hydroxylation is 1. The summed E-state index contributed by atoms with van der Waals surface area (Å²) in [6.07, 6.45) is 0. The molecule has 0 fully saturated rings. The summed E-state index contributed by atoms with van der Waals surface area (Å²) in [5.74, 6) is -0.594. The van der Waals surface area contributed by atoms with Gasteiger partial charge in [0.1, 0.15) is 11.4 Å². The highest BCUT2D eigenvalue weighted by molar-refractivity contribution is 5.96. The molecule has 0 spiro atoms. The van der Waals surface area contributed by atoms with E-state index >= 15 is 0 Å². The van der Waals surface area contributed by atoms with Crippen molar-refractivity contribution in [2.75, 3.05) is 6.54 Å². The third-order valence-electron chi connectivity index (χ3n) is 3.93. The molecule has 0 radical (unpaired) electrons. The molecular weight excluding hydrogens is 350 g/mol. The highest BCUT2D eigenvalue weighted by Crippen LogP contribution is 2.22. The second-order valence-electron chi connectivity index (χ2n) is 6.54. The molecule has 27 heavy (non-hydrogen) atoms. The maximum atomic E-state index is 12.1. The summed E-state index contributed by atoms with van der Waals surface area (Å²) in [6.45, 7) is 7.21. The van der Waals surface area contributed by atoms with Crippen LogP contribution in [0.5, 0.6) is 0 Å². The summed E-state index contributed by atoms with van der Waals surface area (Å²) >= 11 is 0. The van der Waals surface area contributed by atoms with E-state index in [1.54, 1.807) is 42.8 Å². The van der Waals surface area contributed by atoms with Gasteiger partial charge in [-0.15, -0.1) is 0 Å². The molecule has 1 aromatic carbocycles. The average Bonchev–Trinajstić information content (AvgIpc) is 2.86. The number of rotatable bonds is 7. The molecule has 2 aromatic rings. The molecule has 9 heteroatoms. The highest BCUT2D eigenvalue weighted by atomic mass is 16.6. The molecule has 0 aliphatic carbocycles. The van der Waals surface area contributed by atoms with Crippen molar-refractivity contribution >= 4 is 17.5 Å². The third-order valence-corrected chi connectivity index (χ3v) is 3.93.